The number of carbonyl (C=O) groups excluding carboxylic acids is 1. The van der Waals surface area contributed by atoms with Crippen LogP contribution in [0.15, 0.2) is 85.2 Å². The summed E-state index contributed by atoms with van der Waals surface area (Å²) >= 11 is 0. The summed E-state index contributed by atoms with van der Waals surface area (Å²) in [5, 5.41) is 2.23. The van der Waals surface area contributed by atoms with Crippen LogP contribution in [0.1, 0.15) is 33.0 Å². The Balaban J connectivity index is 1.65. The highest BCUT2D eigenvalue weighted by molar-refractivity contribution is 7.86. The molecule has 32 heavy (non-hydrogen) atoms. The number of carbonyl (C=O) groups is 1. The average Bonchev–Trinajstić information content (AvgIpc) is 3.39. The van der Waals surface area contributed by atoms with E-state index in [1.54, 1.807) is 12.1 Å². The molecule has 0 atom stereocenters. The Hall–Kier alpha value is -3.84. The first kappa shape index (κ1) is 20.1. The number of hydrogen-bond acceptors (Lipinski definition) is 4. The minimum atomic E-state index is -3.88. The summed E-state index contributed by atoms with van der Waals surface area (Å²) in [6, 6.07) is 23.1. The summed E-state index contributed by atoms with van der Waals surface area (Å²) < 4.78 is 27.1. The number of fused-ring (bicyclic) bond motifs is 2. The molecular weight excluding hydrogens is 424 g/mol. The van der Waals surface area contributed by atoms with E-state index in [0.29, 0.717) is 0 Å². The monoisotopic (exact) mass is 444 g/mol. The van der Waals surface area contributed by atoms with Gasteiger partial charge in [0.15, 0.2) is 0 Å². The number of aromatic amines is 2. The summed E-state index contributed by atoms with van der Waals surface area (Å²) in [5.74, 6) is -1.00. The van der Waals surface area contributed by atoms with E-state index in [9.17, 15) is 13.2 Å². The van der Waals surface area contributed by atoms with Gasteiger partial charge in [-0.05, 0) is 41.0 Å². The summed E-state index contributed by atoms with van der Waals surface area (Å²) in [5.41, 5.74) is 5.45. The number of aromatic nitrogens is 2. The third-order valence-electron chi connectivity index (χ3n) is 5.57. The van der Waals surface area contributed by atoms with Crippen molar-refractivity contribution in [3.63, 3.8) is 0 Å². The summed E-state index contributed by atoms with van der Waals surface area (Å²) in [6.07, 6.45) is 4.88. The van der Waals surface area contributed by atoms with E-state index in [1.807, 2.05) is 60.9 Å². The Labute approximate surface area is 185 Å². The van der Waals surface area contributed by atoms with Crippen LogP contribution in [-0.2, 0) is 14.3 Å². The molecule has 2 N–H and O–H groups in total. The molecule has 3 aromatic carbocycles. The number of H-pyrrole nitrogens is 2. The molecule has 0 fully saturated rings. The lowest BCUT2D eigenvalue weighted by Gasteiger charge is -2.18. The normalized spacial score (nSPS) is 11.9. The molecule has 0 aliphatic heterocycles. The highest BCUT2D eigenvalue weighted by Crippen LogP contribution is 2.39. The maximum atomic E-state index is 12.1. The Morgan fingerprint density at radius 3 is 1.78 bits per heavy atom. The van der Waals surface area contributed by atoms with Crippen LogP contribution in [0, 0.1) is 0 Å². The highest BCUT2D eigenvalue weighted by atomic mass is 32.2. The molecule has 0 saturated carbocycles. The van der Waals surface area contributed by atoms with E-state index >= 15 is 0 Å². The topological polar surface area (TPSA) is 92.0 Å². The van der Waals surface area contributed by atoms with Crippen molar-refractivity contribution in [2.45, 2.75) is 5.92 Å². The van der Waals surface area contributed by atoms with Crippen LogP contribution >= 0.6 is 0 Å². The van der Waals surface area contributed by atoms with Crippen molar-refractivity contribution in [1.29, 1.82) is 0 Å². The Morgan fingerprint density at radius 2 is 1.28 bits per heavy atom. The molecule has 6 nitrogen and oxygen atoms in total. The first-order valence-electron chi connectivity index (χ1n) is 10.1. The molecular formula is C25H20N2O4S. The fourth-order valence-corrected chi connectivity index (χ4v) is 4.56. The first-order chi connectivity index (χ1) is 15.4. The molecule has 2 aromatic heterocycles. The van der Waals surface area contributed by atoms with E-state index in [1.165, 1.54) is 0 Å². The van der Waals surface area contributed by atoms with E-state index in [0.717, 1.165) is 44.8 Å². The molecule has 0 aliphatic rings. The van der Waals surface area contributed by atoms with Crippen LogP contribution in [0.2, 0.25) is 0 Å². The van der Waals surface area contributed by atoms with Gasteiger partial charge in [-0.25, -0.2) is 4.79 Å². The molecule has 2 heterocycles. The van der Waals surface area contributed by atoms with Gasteiger partial charge in [0.25, 0.3) is 0 Å². The van der Waals surface area contributed by atoms with Gasteiger partial charge in [0.05, 0.1) is 11.8 Å². The van der Waals surface area contributed by atoms with Gasteiger partial charge in [-0.3, -0.25) is 0 Å². The number of para-hydroxylation sites is 2. The quantitative estimate of drug-likeness (QED) is 0.375. The SMILES string of the molecule is CS(=O)(=O)OC(=O)c1ccc(C(c2c[nH]c3ccccc23)c2c[nH]c3ccccc23)cc1. The number of hydrogen-bond donors (Lipinski definition) is 2. The molecule has 5 rings (SSSR count). The van der Waals surface area contributed by atoms with Crippen molar-refractivity contribution < 1.29 is 17.4 Å². The fraction of sp³-hybridized carbons (Fsp3) is 0.0800. The second kappa shape index (κ2) is 7.69. The highest BCUT2D eigenvalue weighted by Gasteiger charge is 2.24. The van der Waals surface area contributed by atoms with E-state index in [4.69, 9.17) is 0 Å². The van der Waals surface area contributed by atoms with Gasteiger partial charge in [-0.2, -0.15) is 8.42 Å². The minimum Gasteiger partial charge on any atom is -0.361 e. The number of benzene rings is 3. The van der Waals surface area contributed by atoms with Crippen LogP contribution in [0.25, 0.3) is 21.8 Å². The van der Waals surface area contributed by atoms with Crippen LogP contribution in [0.5, 0.6) is 0 Å². The fourth-order valence-electron chi connectivity index (χ4n) is 4.19. The zero-order valence-corrected chi connectivity index (χ0v) is 18.0. The molecule has 7 heteroatoms. The predicted octanol–water partition coefficient (Wildman–Crippen LogP) is 4.95. The Morgan fingerprint density at radius 1 is 0.781 bits per heavy atom. The largest absolute Gasteiger partial charge is 0.361 e. The van der Waals surface area contributed by atoms with Gasteiger partial charge in [-0.1, -0.05) is 48.5 Å². The summed E-state index contributed by atoms with van der Waals surface area (Å²) in [6.45, 7) is 0. The van der Waals surface area contributed by atoms with Gasteiger partial charge < -0.3 is 14.2 Å². The van der Waals surface area contributed by atoms with Crippen LogP contribution in [-0.4, -0.2) is 30.6 Å². The second-order valence-corrected chi connectivity index (χ2v) is 9.28. The van der Waals surface area contributed by atoms with Crippen molar-refractivity contribution in [1.82, 2.24) is 9.97 Å². The van der Waals surface area contributed by atoms with Crippen molar-refractivity contribution in [2.24, 2.45) is 0 Å². The van der Waals surface area contributed by atoms with E-state index in [-0.39, 0.29) is 11.5 Å². The molecule has 0 aliphatic carbocycles. The summed E-state index contributed by atoms with van der Waals surface area (Å²) in [7, 11) is -3.88. The van der Waals surface area contributed by atoms with Gasteiger partial charge in [0, 0.05) is 40.1 Å². The third kappa shape index (κ3) is 3.67. The maximum Gasteiger partial charge on any atom is 0.353 e. The zero-order valence-electron chi connectivity index (χ0n) is 17.2. The second-order valence-electron chi connectivity index (χ2n) is 7.71. The average molecular weight is 445 g/mol. The van der Waals surface area contributed by atoms with Gasteiger partial charge >= 0.3 is 16.1 Å². The molecule has 0 unspecified atom stereocenters. The van der Waals surface area contributed by atoms with Crippen molar-refractivity contribution in [3.05, 3.63) is 107 Å². The molecule has 0 bridgehead atoms. The van der Waals surface area contributed by atoms with E-state index in [2.05, 4.69) is 26.3 Å². The Bertz CT molecular complexity index is 1470. The first-order valence-corrected chi connectivity index (χ1v) is 11.9. The molecule has 0 amide bonds. The standard InChI is InChI=1S/C25H20N2O4S/c1-32(29,30)31-25(28)17-12-10-16(11-13-17)24(20-14-26-22-8-4-2-6-18(20)22)21-15-27-23-9-5-3-7-19(21)23/h2-15,24,26-27H,1H3. The maximum absolute atomic E-state index is 12.1. The Kier molecular flexibility index (Phi) is 4.83. The molecule has 0 spiro atoms. The molecule has 0 radical (unpaired) electrons. The van der Waals surface area contributed by atoms with Crippen molar-refractivity contribution in [2.75, 3.05) is 6.26 Å². The van der Waals surface area contributed by atoms with Gasteiger partial charge in [-0.15, -0.1) is 0 Å². The van der Waals surface area contributed by atoms with E-state index < -0.39 is 16.1 Å². The lowest BCUT2D eigenvalue weighted by atomic mass is 9.84. The van der Waals surface area contributed by atoms with Crippen molar-refractivity contribution in [3.8, 4) is 0 Å². The molecule has 160 valence electrons. The number of rotatable bonds is 5. The van der Waals surface area contributed by atoms with Gasteiger partial charge in [0.1, 0.15) is 0 Å². The lowest BCUT2D eigenvalue weighted by Crippen LogP contribution is -2.11. The smallest absolute Gasteiger partial charge is 0.353 e. The third-order valence-corrected chi connectivity index (χ3v) is 6.03. The van der Waals surface area contributed by atoms with Crippen LogP contribution in [0.3, 0.4) is 0 Å². The molecule has 0 saturated heterocycles. The summed E-state index contributed by atoms with van der Waals surface area (Å²) in [4.78, 5) is 18.8. The minimum absolute atomic E-state index is 0.109. The van der Waals surface area contributed by atoms with Crippen LogP contribution < -0.4 is 0 Å². The molecule has 5 aromatic rings. The van der Waals surface area contributed by atoms with Crippen LogP contribution in [0.4, 0.5) is 0 Å². The van der Waals surface area contributed by atoms with Crippen molar-refractivity contribution >= 4 is 37.9 Å². The zero-order chi connectivity index (χ0) is 22.3. The number of nitrogens with one attached hydrogen (secondary N) is 2. The van der Waals surface area contributed by atoms with Gasteiger partial charge in [0.2, 0.25) is 0 Å². The predicted molar refractivity (Wildman–Crippen MR) is 124 cm³/mol. The lowest BCUT2D eigenvalue weighted by molar-refractivity contribution is 0.0748.